The number of nitrogens with zero attached hydrogens (tertiary/aromatic N) is 2. The smallest absolute Gasteiger partial charge is 0.0540 e. The molecule has 2 heteroatoms. The highest BCUT2D eigenvalue weighted by Gasteiger charge is 2.20. The van der Waals surface area contributed by atoms with E-state index in [4.69, 9.17) is 0 Å². The van der Waals surface area contributed by atoms with E-state index in [-0.39, 0.29) is 0 Å². The van der Waals surface area contributed by atoms with Crippen molar-refractivity contribution in [3.05, 3.63) is 326 Å². The monoisotopic (exact) mass is 918 g/mol. The van der Waals surface area contributed by atoms with Crippen molar-refractivity contribution in [3.63, 3.8) is 0 Å². The first kappa shape index (κ1) is 43.8. The highest BCUT2D eigenvalue weighted by Crippen LogP contribution is 2.43. The lowest BCUT2D eigenvalue weighted by atomic mass is 9.85. The van der Waals surface area contributed by atoms with Crippen LogP contribution in [0.5, 0.6) is 0 Å². The molecule has 0 unspecified atom stereocenters. The van der Waals surface area contributed by atoms with Crippen LogP contribution in [0.2, 0.25) is 0 Å². The van der Waals surface area contributed by atoms with Gasteiger partial charge in [0.25, 0.3) is 0 Å². The van der Waals surface area contributed by atoms with E-state index in [1.54, 1.807) is 0 Å². The third-order valence-electron chi connectivity index (χ3n) is 13.7. The van der Waals surface area contributed by atoms with Crippen molar-refractivity contribution >= 4 is 66.8 Å². The van der Waals surface area contributed by atoms with Gasteiger partial charge in [-0.3, -0.25) is 0 Å². The van der Waals surface area contributed by atoms with Crippen LogP contribution >= 0.6 is 0 Å². The van der Waals surface area contributed by atoms with Crippen LogP contribution in [-0.4, -0.2) is 0 Å². The summed E-state index contributed by atoms with van der Waals surface area (Å²) in [7, 11) is 0. The normalized spacial score (nSPS) is 11.6. The van der Waals surface area contributed by atoms with E-state index in [9.17, 15) is 0 Å². The molecule has 0 radical (unpaired) electrons. The zero-order valence-electron chi connectivity index (χ0n) is 39.8. The number of anilines is 6. The average molecular weight is 919 g/mol. The van der Waals surface area contributed by atoms with Crippen LogP contribution < -0.4 is 9.80 Å². The zero-order valence-corrected chi connectivity index (χ0v) is 39.8. The van der Waals surface area contributed by atoms with Crippen molar-refractivity contribution in [3.8, 4) is 22.3 Å². The minimum atomic E-state index is 1.11. The van der Waals surface area contributed by atoms with E-state index in [0.717, 1.165) is 78.6 Å². The summed E-state index contributed by atoms with van der Waals surface area (Å²) in [6, 6.07) is 109. The van der Waals surface area contributed by atoms with Crippen molar-refractivity contribution in [2.75, 3.05) is 9.80 Å². The molecule has 0 saturated heterocycles. The third-order valence-corrected chi connectivity index (χ3v) is 13.7. The lowest BCUT2D eigenvalue weighted by molar-refractivity contribution is 1.30. The predicted molar refractivity (Wildman–Crippen MR) is 306 cm³/mol. The van der Waals surface area contributed by atoms with E-state index < -0.39 is 0 Å². The van der Waals surface area contributed by atoms with Gasteiger partial charge in [0.2, 0.25) is 0 Å². The van der Waals surface area contributed by atoms with Crippen LogP contribution in [0.3, 0.4) is 0 Å². The van der Waals surface area contributed by atoms with Crippen LogP contribution in [0.4, 0.5) is 34.1 Å². The summed E-state index contributed by atoms with van der Waals surface area (Å²) in [6.07, 6.45) is 0. The maximum Gasteiger partial charge on any atom is 0.0540 e. The second-order valence-corrected chi connectivity index (χ2v) is 18.1. The summed E-state index contributed by atoms with van der Waals surface area (Å²) < 4.78 is 0. The minimum absolute atomic E-state index is 1.11. The Labute approximate surface area is 422 Å². The fraction of sp³-hybridized carbons (Fsp3) is 0. The number of fused-ring (bicyclic) bond motifs is 2. The number of rotatable bonds is 12. The maximum atomic E-state index is 2.35. The summed E-state index contributed by atoms with van der Waals surface area (Å²) in [5.74, 6) is 0. The van der Waals surface area contributed by atoms with Gasteiger partial charge < -0.3 is 9.80 Å². The van der Waals surface area contributed by atoms with Gasteiger partial charge in [-0.25, -0.2) is 0 Å². The van der Waals surface area contributed by atoms with Crippen molar-refractivity contribution in [1.29, 1.82) is 0 Å². The number of hydrogen-bond donors (Lipinski definition) is 0. The SMILES string of the molecule is c1ccc(/C(=C(/c2ccccc2)c2ccc(-c3ccc(N(c4ccccc4)c4cccc5ccccc45)cc3)cc2)c2ccc(-c3ccc(N(c4ccccc4)c4cccc5ccccc45)cc3)cc2)cc1. The Morgan fingerprint density at radius 1 is 0.194 bits per heavy atom. The van der Waals surface area contributed by atoms with Crippen LogP contribution in [0.25, 0.3) is 54.9 Å². The Balaban J connectivity index is 0.887. The molecule has 0 heterocycles. The molecule has 12 aromatic carbocycles. The lowest BCUT2D eigenvalue weighted by Gasteiger charge is -2.27. The van der Waals surface area contributed by atoms with Gasteiger partial charge in [-0.2, -0.15) is 0 Å². The second-order valence-electron chi connectivity index (χ2n) is 18.1. The standard InChI is InChI=1S/C70H50N2/c1-5-21-57(22-6-1)69(59-39-35-51(36-40-59)53-43-47-63(48-44-53)71(61-27-9-3-10-28-61)67-33-17-25-55-19-13-15-31-65(55)67)70(58-23-7-2-8-24-58)60-41-37-52(38-42-60)54-45-49-64(50-46-54)72(62-29-11-4-12-30-62)68-34-18-26-56-20-14-16-32-66(56)68/h1-50H/b70-69+. The molecular formula is C70H50N2. The third kappa shape index (κ3) is 8.75. The fourth-order valence-electron chi connectivity index (χ4n) is 10.2. The highest BCUT2D eigenvalue weighted by atomic mass is 15.1. The largest absolute Gasteiger partial charge is 0.310 e. The van der Waals surface area contributed by atoms with Gasteiger partial charge in [0.1, 0.15) is 0 Å². The molecule has 0 atom stereocenters. The van der Waals surface area contributed by atoms with E-state index in [1.807, 2.05) is 0 Å². The molecule has 0 spiro atoms. The molecule has 2 nitrogen and oxygen atoms in total. The van der Waals surface area contributed by atoms with Gasteiger partial charge in [0.05, 0.1) is 11.4 Å². The van der Waals surface area contributed by atoms with Gasteiger partial charge >= 0.3 is 0 Å². The number of hydrogen-bond acceptors (Lipinski definition) is 2. The highest BCUT2D eigenvalue weighted by molar-refractivity contribution is 6.05. The molecular weight excluding hydrogens is 869 g/mol. The van der Waals surface area contributed by atoms with Gasteiger partial charge in [-0.05, 0) is 127 Å². The molecule has 340 valence electrons. The second kappa shape index (κ2) is 19.8. The minimum Gasteiger partial charge on any atom is -0.310 e. The first-order valence-electron chi connectivity index (χ1n) is 24.7. The molecule has 0 fully saturated rings. The predicted octanol–water partition coefficient (Wildman–Crippen LogP) is 19.3. The van der Waals surface area contributed by atoms with Gasteiger partial charge in [0.15, 0.2) is 0 Å². The van der Waals surface area contributed by atoms with E-state index in [0.29, 0.717) is 0 Å². The summed E-state index contributed by atoms with van der Waals surface area (Å²) >= 11 is 0. The van der Waals surface area contributed by atoms with E-state index in [2.05, 4.69) is 313 Å². The van der Waals surface area contributed by atoms with Crippen LogP contribution in [0, 0.1) is 0 Å². The van der Waals surface area contributed by atoms with Crippen molar-refractivity contribution in [2.45, 2.75) is 0 Å². The topological polar surface area (TPSA) is 6.48 Å². The maximum absolute atomic E-state index is 2.35. The number of para-hydroxylation sites is 2. The molecule has 0 saturated carbocycles. The summed E-state index contributed by atoms with van der Waals surface area (Å²) in [6.45, 7) is 0. The summed E-state index contributed by atoms with van der Waals surface area (Å²) in [5.41, 5.74) is 18.4. The lowest BCUT2D eigenvalue weighted by Crippen LogP contribution is -2.10. The number of benzene rings is 12. The molecule has 12 aromatic rings. The molecule has 0 aliphatic rings. The molecule has 0 aliphatic heterocycles. The first-order valence-corrected chi connectivity index (χ1v) is 24.7. The summed E-state index contributed by atoms with van der Waals surface area (Å²) in [5, 5.41) is 4.86. The Kier molecular flexibility index (Phi) is 12.1. The molecule has 0 aliphatic carbocycles. The van der Waals surface area contributed by atoms with Crippen LogP contribution in [0.15, 0.2) is 303 Å². The van der Waals surface area contributed by atoms with Crippen molar-refractivity contribution in [1.82, 2.24) is 0 Å². The molecule has 0 aromatic heterocycles. The van der Waals surface area contributed by atoms with Crippen molar-refractivity contribution in [2.24, 2.45) is 0 Å². The van der Waals surface area contributed by atoms with Crippen LogP contribution in [0.1, 0.15) is 22.3 Å². The molecule has 0 amide bonds. The molecule has 0 N–H and O–H groups in total. The van der Waals surface area contributed by atoms with Crippen LogP contribution in [-0.2, 0) is 0 Å². The van der Waals surface area contributed by atoms with Gasteiger partial charge in [-0.1, -0.05) is 243 Å². The summed E-state index contributed by atoms with van der Waals surface area (Å²) in [4.78, 5) is 4.71. The zero-order chi connectivity index (χ0) is 48.1. The van der Waals surface area contributed by atoms with E-state index in [1.165, 1.54) is 32.7 Å². The Hall–Kier alpha value is -9.50. The Morgan fingerprint density at radius 2 is 0.458 bits per heavy atom. The molecule has 72 heavy (non-hydrogen) atoms. The van der Waals surface area contributed by atoms with Gasteiger partial charge in [0, 0.05) is 33.5 Å². The fourth-order valence-corrected chi connectivity index (χ4v) is 10.2. The Bertz CT molecular complexity index is 3530. The quantitative estimate of drug-likeness (QED) is 0.113. The van der Waals surface area contributed by atoms with E-state index >= 15 is 0 Å². The van der Waals surface area contributed by atoms with Gasteiger partial charge in [-0.15, -0.1) is 0 Å². The first-order chi connectivity index (χ1) is 35.7. The average Bonchev–Trinajstić information content (AvgIpc) is 3.46. The molecule has 0 bridgehead atoms. The Morgan fingerprint density at radius 3 is 0.819 bits per heavy atom. The molecule has 12 rings (SSSR count). The van der Waals surface area contributed by atoms with Crippen molar-refractivity contribution < 1.29 is 0 Å².